The third kappa shape index (κ3) is 2.47. The number of imidazole rings is 1. The Hall–Kier alpha value is -2.08. The number of piperidine rings is 1. The van der Waals surface area contributed by atoms with Crippen molar-refractivity contribution in [2.24, 2.45) is 5.73 Å². The van der Waals surface area contributed by atoms with E-state index >= 15 is 0 Å². The van der Waals surface area contributed by atoms with Crippen LogP contribution >= 0.6 is 0 Å². The number of carbonyl (C=O) groups excluding carboxylic acids is 1. The quantitative estimate of drug-likeness (QED) is 0.877. The summed E-state index contributed by atoms with van der Waals surface area (Å²) in [6.07, 6.45) is 1.69. The van der Waals surface area contributed by atoms with E-state index in [1.165, 1.54) is 0 Å². The lowest BCUT2D eigenvalue weighted by Crippen LogP contribution is -2.47. The molecule has 0 unspecified atom stereocenters. The van der Waals surface area contributed by atoms with Gasteiger partial charge in [-0.15, -0.1) is 0 Å². The second-order valence-corrected chi connectivity index (χ2v) is 5.66. The van der Waals surface area contributed by atoms with Crippen molar-refractivity contribution in [1.29, 1.82) is 0 Å². The predicted molar refractivity (Wildman–Crippen MR) is 81.1 cm³/mol. The summed E-state index contributed by atoms with van der Waals surface area (Å²) < 4.78 is 1.85. The van der Waals surface area contributed by atoms with E-state index < -0.39 is 0 Å². The molecule has 0 saturated carbocycles. The number of aromatic nitrogens is 2. The van der Waals surface area contributed by atoms with E-state index in [0.717, 1.165) is 37.0 Å². The molecule has 0 bridgehead atoms. The van der Waals surface area contributed by atoms with Crippen molar-refractivity contribution >= 4 is 16.9 Å². The van der Waals surface area contributed by atoms with Gasteiger partial charge in [0.05, 0.1) is 17.1 Å². The minimum Gasteiger partial charge on any atom is -0.368 e. The van der Waals surface area contributed by atoms with Crippen LogP contribution in [-0.2, 0) is 4.79 Å². The second-order valence-electron chi connectivity index (χ2n) is 5.66. The molecule has 3 N–H and O–H groups in total. The van der Waals surface area contributed by atoms with Crippen LogP contribution in [0.2, 0.25) is 0 Å². The van der Waals surface area contributed by atoms with Gasteiger partial charge in [0, 0.05) is 19.1 Å². The molecule has 1 saturated heterocycles. The molecule has 1 aliphatic rings. The third-order valence-corrected chi connectivity index (χ3v) is 4.45. The highest BCUT2D eigenvalue weighted by atomic mass is 16.2. The fourth-order valence-corrected chi connectivity index (χ4v) is 3.15. The van der Waals surface area contributed by atoms with E-state index in [-0.39, 0.29) is 23.7 Å². The number of nitrogens with two attached hydrogens (primary N) is 1. The molecule has 2 aromatic rings. The van der Waals surface area contributed by atoms with E-state index in [4.69, 9.17) is 5.73 Å². The van der Waals surface area contributed by atoms with Gasteiger partial charge >= 0.3 is 5.69 Å². The van der Waals surface area contributed by atoms with Gasteiger partial charge in [0.15, 0.2) is 0 Å². The van der Waals surface area contributed by atoms with Crippen molar-refractivity contribution in [2.75, 3.05) is 13.1 Å². The summed E-state index contributed by atoms with van der Waals surface area (Å²) in [5.41, 5.74) is 7.11. The minimum absolute atomic E-state index is 0.0578. The molecule has 1 atom stereocenters. The Kier molecular flexibility index (Phi) is 3.55. The van der Waals surface area contributed by atoms with E-state index in [0.29, 0.717) is 0 Å². The SMILES string of the molecule is C[C@@H](C(N)=O)N1CCC(n2c(=O)[nH]c3ccccc32)CC1. The first kappa shape index (κ1) is 13.9. The molecule has 0 radical (unpaired) electrons. The lowest BCUT2D eigenvalue weighted by atomic mass is 10.0. The first-order valence-electron chi connectivity index (χ1n) is 7.30. The smallest absolute Gasteiger partial charge is 0.326 e. The molecular formula is C15H20N4O2. The second kappa shape index (κ2) is 5.37. The van der Waals surface area contributed by atoms with Crippen molar-refractivity contribution in [3.05, 3.63) is 34.7 Å². The first-order chi connectivity index (χ1) is 10.1. The zero-order valence-corrected chi connectivity index (χ0v) is 12.1. The van der Waals surface area contributed by atoms with Gasteiger partial charge in [0.2, 0.25) is 5.91 Å². The van der Waals surface area contributed by atoms with Gasteiger partial charge in [-0.2, -0.15) is 0 Å². The van der Waals surface area contributed by atoms with Crippen LogP contribution < -0.4 is 11.4 Å². The number of aromatic amines is 1. The number of likely N-dealkylation sites (tertiary alicyclic amines) is 1. The van der Waals surface area contributed by atoms with Crippen molar-refractivity contribution in [1.82, 2.24) is 14.5 Å². The summed E-state index contributed by atoms with van der Waals surface area (Å²) in [6.45, 7) is 3.39. The summed E-state index contributed by atoms with van der Waals surface area (Å²) in [6, 6.07) is 7.66. The van der Waals surface area contributed by atoms with Crippen LogP contribution in [0.5, 0.6) is 0 Å². The average Bonchev–Trinajstić information content (AvgIpc) is 2.82. The largest absolute Gasteiger partial charge is 0.368 e. The Morgan fingerprint density at radius 1 is 1.33 bits per heavy atom. The van der Waals surface area contributed by atoms with E-state index in [9.17, 15) is 9.59 Å². The molecule has 2 heterocycles. The van der Waals surface area contributed by atoms with E-state index in [2.05, 4.69) is 9.88 Å². The van der Waals surface area contributed by atoms with E-state index in [1.807, 2.05) is 35.8 Å². The number of fused-ring (bicyclic) bond motifs is 1. The molecule has 1 aromatic carbocycles. The van der Waals surface area contributed by atoms with Crippen LogP contribution in [0.15, 0.2) is 29.1 Å². The number of amides is 1. The lowest BCUT2D eigenvalue weighted by molar-refractivity contribution is -0.123. The molecule has 1 aromatic heterocycles. The van der Waals surface area contributed by atoms with Crippen molar-refractivity contribution in [2.45, 2.75) is 31.8 Å². The molecule has 0 spiro atoms. The van der Waals surface area contributed by atoms with Gasteiger partial charge in [0.1, 0.15) is 0 Å². The standard InChI is InChI=1S/C15H20N4O2/c1-10(14(16)20)18-8-6-11(7-9-18)19-13-5-3-2-4-12(13)17-15(19)21/h2-5,10-11H,6-9H2,1H3,(H2,16,20)(H,17,21)/t10-/m0/s1. The molecule has 112 valence electrons. The fourth-order valence-electron chi connectivity index (χ4n) is 3.15. The minimum atomic E-state index is -0.294. The lowest BCUT2D eigenvalue weighted by Gasteiger charge is -2.35. The molecule has 1 aliphatic heterocycles. The molecule has 1 amide bonds. The molecule has 6 nitrogen and oxygen atoms in total. The zero-order chi connectivity index (χ0) is 15.0. The molecule has 3 rings (SSSR count). The molecule has 1 fully saturated rings. The Bertz CT molecular complexity index is 710. The number of H-pyrrole nitrogens is 1. The van der Waals surface area contributed by atoms with Crippen LogP contribution in [0.3, 0.4) is 0 Å². The highest BCUT2D eigenvalue weighted by Gasteiger charge is 2.27. The number of para-hydroxylation sites is 2. The molecule has 6 heteroatoms. The maximum Gasteiger partial charge on any atom is 0.326 e. The monoisotopic (exact) mass is 288 g/mol. The number of benzene rings is 1. The van der Waals surface area contributed by atoms with Crippen LogP contribution in [-0.4, -0.2) is 39.5 Å². The number of nitrogens with one attached hydrogen (secondary N) is 1. The topological polar surface area (TPSA) is 84.1 Å². The zero-order valence-electron chi connectivity index (χ0n) is 12.1. The third-order valence-electron chi connectivity index (χ3n) is 4.45. The van der Waals surface area contributed by atoms with Gasteiger partial charge in [-0.3, -0.25) is 14.3 Å². The highest BCUT2D eigenvalue weighted by molar-refractivity contribution is 5.79. The fraction of sp³-hybridized carbons (Fsp3) is 0.467. The Morgan fingerprint density at radius 3 is 2.67 bits per heavy atom. The summed E-state index contributed by atoms with van der Waals surface area (Å²) in [4.78, 5) is 28.4. The van der Waals surface area contributed by atoms with Crippen LogP contribution in [0.1, 0.15) is 25.8 Å². The van der Waals surface area contributed by atoms with Crippen molar-refractivity contribution in [3.63, 3.8) is 0 Å². The number of hydrogen-bond donors (Lipinski definition) is 2. The summed E-state index contributed by atoms with van der Waals surface area (Å²) in [5.74, 6) is -0.294. The van der Waals surface area contributed by atoms with Gasteiger partial charge in [-0.1, -0.05) is 12.1 Å². The van der Waals surface area contributed by atoms with E-state index in [1.54, 1.807) is 0 Å². The molecular weight excluding hydrogens is 268 g/mol. The van der Waals surface area contributed by atoms with Crippen molar-refractivity contribution < 1.29 is 4.79 Å². The van der Waals surface area contributed by atoms with Gasteiger partial charge in [0.25, 0.3) is 0 Å². The van der Waals surface area contributed by atoms with Crippen LogP contribution in [0.25, 0.3) is 11.0 Å². The Balaban J connectivity index is 1.82. The van der Waals surface area contributed by atoms with Crippen LogP contribution in [0.4, 0.5) is 0 Å². The van der Waals surface area contributed by atoms with Gasteiger partial charge in [-0.25, -0.2) is 4.79 Å². The Labute approximate surface area is 122 Å². The summed E-state index contributed by atoms with van der Waals surface area (Å²) in [5, 5.41) is 0. The molecule has 0 aliphatic carbocycles. The number of rotatable bonds is 3. The van der Waals surface area contributed by atoms with Gasteiger partial charge < -0.3 is 10.7 Å². The van der Waals surface area contributed by atoms with Crippen molar-refractivity contribution in [3.8, 4) is 0 Å². The number of primary amides is 1. The molecule has 21 heavy (non-hydrogen) atoms. The maximum absolute atomic E-state index is 12.2. The maximum atomic E-state index is 12.2. The summed E-state index contributed by atoms with van der Waals surface area (Å²) >= 11 is 0. The van der Waals surface area contributed by atoms with Gasteiger partial charge in [-0.05, 0) is 31.9 Å². The van der Waals surface area contributed by atoms with Crippen LogP contribution in [0, 0.1) is 0 Å². The Morgan fingerprint density at radius 2 is 2.00 bits per heavy atom. The number of hydrogen-bond acceptors (Lipinski definition) is 3. The number of carbonyl (C=O) groups is 1. The summed E-state index contributed by atoms with van der Waals surface area (Å²) in [7, 11) is 0. The normalized spacial score (nSPS) is 18.9. The average molecular weight is 288 g/mol. The first-order valence-corrected chi connectivity index (χ1v) is 7.30. The predicted octanol–water partition coefficient (Wildman–Crippen LogP) is 0.840. The highest BCUT2D eigenvalue weighted by Crippen LogP contribution is 2.25. The number of nitrogens with zero attached hydrogens (tertiary/aromatic N) is 2.